The van der Waals surface area contributed by atoms with Gasteiger partial charge in [0.25, 0.3) is 11.8 Å². The number of hydrazine groups is 1. The first kappa shape index (κ1) is 18.3. The van der Waals surface area contributed by atoms with Crippen molar-refractivity contribution in [2.24, 2.45) is 0 Å². The van der Waals surface area contributed by atoms with Crippen LogP contribution in [0.3, 0.4) is 0 Å². The molecule has 2 rings (SSSR count). The van der Waals surface area contributed by atoms with Crippen molar-refractivity contribution in [3.63, 3.8) is 0 Å². The van der Waals surface area contributed by atoms with Gasteiger partial charge in [-0.3, -0.25) is 20.4 Å². The van der Waals surface area contributed by atoms with Gasteiger partial charge >= 0.3 is 0 Å². The second-order valence-electron chi connectivity index (χ2n) is 5.52. The molecule has 2 aromatic rings. The van der Waals surface area contributed by atoms with E-state index < -0.39 is 5.91 Å². The molecule has 5 nitrogen and oxygen atoms in total. The Morgan fingerprint density at radius 3 is 2.42 bits per heavy atom. The van der Waals surface area contributed by atoms with E-state index in [1.54, 1.807) is 12.1 Å². The van der Waals surface area contributed by atoms with Gasteiger partial charge in [-0.25, -0.2) is 0 Å². The van der Waals surface area contributed by atoms with Crippen LogP contribution in [0.4, 0.5) is 0 Å². The normalized spacial score (nSPS) is 10.2. The first-order valence-electron chi connectivity index (χ1n) is 7.42. The van der Waals surface area contributed by atoms with Crippen molar-refractivity contribution in [2.45, 2.75) is 20.8 Å². The summed E-state index contributed by atoms with van der Waals surface area (Å²) in [7, 11) is 0. The summed E-state index contributed by atoms with van der Waals surface area (Å²) in [5.74, 6) is -0.145. The summed E-state index contributed by atoms with van der Waals surface area (Å²) < 4.78 is 6.45. The molecule has 0 aromatic heterocycles. The molecule has 0 bridgehead atoms. The number of hydrogen-bond donors (Lipinski definition) is 2. The van der Waals surface area contributed by atoms with Crippen LogP contribution in [0.2, 0.25) is 0 Å². The summed E-state index contributed by atoms with van der Waals surface area (Å²) in [6.45, 7) is 5.71. The Morgan fingerprint density at radius 2 is 1.75 bits per heavy atom. The van der Waals surface area contributed by atoms with Crippen molar-refractivity contribution in [3.8, 4) is 5.75 Å². The fourth-order valence-electron chi connectivity index (χ4n) is 2.07. The van der Waals surface area contributed by atoms with Gasteiger partial charge in [0.15, 0.2) is 6.61 Å². The molecular formula is C18H19IN2O3. The van der Waals surface area contributed by atoms with Crippen LogP contribution in [0.5, 0.6) is 5.75 Å². The minimum Gasteiger partial charge on any atom is -0.483 e. The molecule has 0 spiro atoms. The summed E-state index contributed by atoms with van der Waals surface area (Å²) in [4.78, 5) is 23.8. The van der Waals surface area contributed by atoms with Crippen LogP contribution < -0.4 is 15.6 Å². The van der Waals surface area contributed by atoms with E-state index in [2.05, 4.69) is 33.4 Å². The molecule has 0 fully saturated rings. The third-order valence-electron chi connectivity index (χ3n) is 3.44. The first-order chi connectivity index (χ1) is 11.4. The summed E-state index contributed by atoms with van der Waals surface area (Å²) in [6.07, 6.45) is 0. The molecule has 0 atom stereocenters. The van der Waals surface area contributed by atoms with Gasteiger partial charge in [0, 0.05) is 9.13 Å². The highest BCUT2D eigenvalue weighted by molar-refractivity contribution is 14.1. The number of aryl methyl sites for hydroxylation is 3. The summed E-state index contributed by atoms with van der Waals surface area (Å²) in [6, 6.07) is 11.1. The maximum atomic E-state index is 12.0. The Labute approximate surface area is 154 Å². The third-order valence-corrected chi connectivity index (χ3v) is 4.60. The number of benzene rings is 2. The molecular weight excluding hydrogens is 419 g/mol. The van der Waals surface area contributed by atoms with Crippen LogP contribution >= 0.6 is 22.6 Å². The van der Waals surface area contributed by atoms with Gasteiger partial charge in [0.05, 0.1) is 0 Å². The summed E-state index contributed by atoms with van der Waals surface area (Å²) >= 11 is 2.16. The topological polar surface area (TPSA) is 67.4 Å². The molecule has 24 heavy (non-hydrogen) atoms. The largest absolute Gasteiger partial charge is 0.483 e. The van der Waals surface area contributed by atoms with E-state index in [0.29, 0.717) is 11.3 Å². The van der Waals surface area contributed by atoms with E-state index in [-0.39, 0.29) is 12.5 Å². The number of hydrogen-bond acceptors (Lipinski definition) is 3. The maximum Gasteiger partial charge on any atom is 0.276 e. The molecule has 0 heterocycles. The number of halogens is 1. The fraction of sp³-hybridized carbons (Fsp3) is 0.222. The van der Waals surface area contributed by atoms with Gasteiger partial charge in [-0.2, -0.15) is 0 Å². The molecule has 126 valence electrons. The molecule has 0 saturated carbocycles. The number of carbonyl (C=O) groups is 2. The number of rotatable bonds is 4. The van der Waals surface area contributed by atoms with Crippen LogP contribution in [-0.2, 0) is 4.79 Å². The highest BCUT2D eigenvalue weighted by Gasteiger charge is 2.09. The lowest BCUT2D eigenvalue weighted by molar-refractivity contribution is -0.123. The van der Waals surface area contributed by atoms with Gasteiger partial charge in [-0.05, 0) is 72.7 Å². The van der Waals surface area contributed by atoms with Crippen LogP contribution in [0.25, 0.3) is 0 Å². The molecule has 2 amide bonds. The standard InChI is InChI=1S/C18H19IN2O3/c1-11-4-7-16(13(3)8-11)24-10-17(22)20-21-18(23)14-6-5-12(2)15(19)9-14/h4-9H,10H2,1-3H3,(H,20,22)(H,21,23). The Kier molecular flexibility index (Phi) is 6.19. The predicted molar refractivity (Wildman–Crippen MR) is 101 cm³/mol. The molecule has 6 heteroatoms. The van der Waals surface area contributed by atoms with Gasteiger partial charge in [0.2, 0.25) is 0 Å². The zero-order chi connectivity index (χ0) is 17.7. The van der Waals surface area contributed by atoms with E-state index in [0.717, 1.165) is 20.3 Å². The quantitative estimate of drug-likeness (QED) is 0.570. The predicted octanol–water partition coefficient (Wildman–Crippen LogP) is 3.06. The van der Waals surface area contributed by atoms with Crippen LogP contribution in [0.15, 0.2) is 36.4 Å². The highest BCUT2D eigenvalue weighted by Crippen LogP contribution is 2.18. The zero-order valence-electron chi connectivity index (χ0n) is 13.8. The monoisotopic (exact) mass is 438 g/mol. The van der Waals surface area contributed by atoms with Crippen molar-refractivity contribution >= 4 is 34.4 Å². The van der Waals surface area contributed by atoms with Crippen molar-refractivity contribution in [3.05, 3.63) is 62.2 Å². The number of amides is 2. The van der Waals surface area contributed by atoms with Gasteiger partial charge < -0.3 is 4.74 Å². The highest BCUT2D eigenvalue weighted by atomic mass is 127. The molecule has 0 aliphatic carbocycles. The zero-order valence-corrected chi connectivity index (χ0v) is 15.9. The minimum absolute atomic E-state index is 0.171. The Bertz CT molecular complexity index is 775. The van der Waals surface area contributed by atoms with E-state index in [4.69, 9.17) is 4.74 Å². The lowest BCUT2D eigenvalue weighted by Crippen LogP contribution is -2.43. The Morgan fingerprint density at radius 1 is 1.00 bits per heavy atom. The molecule has 2 N–H and O–H groups in total. The van der Waals surface area contributed by atoms with Gasteiger partial charge in [-0.15, -0.1) is 0 Å². The first-order valence-corrected chi connectivity index (χ1v) is 8.50. The summed E-state index contributed by atoms with van der Waals surface area (Å²) in [5, 5.41) is 0. The number of nitrogens with one attached hydrogen (secondary N) is 2. The van der Waals surface area contributed by atoms with E-state index in [1.165, 1.54) is 0 Å². The Balaban J connectivity index is 1.84. The van der Waals surface area contributed by atoms with Crippen molar-refractivity contribution in [1.29, 1.82) is 0 Å². The lowest BCUT2D eigenvalue weighted by atomic mass is 10.1. The smallest absolute Gasteiger partial charge is 0.276 e. The molecule has 0 radical (unpaired) electrons. The molecule has 0 unspecified atom stereocenters. The SMILES string of the molecule is Cc1ccc(OCC(=O)NNC(=O)c2ccc(C)c(I)c2)c(C)c1. The van der Waals surface area contributed by atoms with Crippen molar-refractivity contribution < 1.29 is 14.3 Å². The van der Waals surface area contributed by atoms with Gasteiger partial charge in [0.1, 0.15) is 5.75 Å². The molecule has 0 aliphatic rings. The van der Waals surface area contributed by atoms with Crippen molar-refractivity contribution in [1.82, 2.24) is 10.9 Å². The van der Waals surface area contributed by atoms with E-state index in [1.807, 2.05) is 45.0 Å². The molecule has 0 aliphatic heterocycles. The number of ether oxygens (including phenoxy) is 1. The minimum atomic E-state index is -0.426. The van der Waals surface area contributed by atoms with E-state index >= 15 is 0 Å². The number of carbonyl (C=O) groups excluding carboxylic acids is 2. The summed E-state index contributed by atoms with van der Waals surface area (Å²) in [5.41, 5.74) is 8.40. The maximum absolute atomic E-state index is 12.0. The van der Waals surface area contributed by atoms with Crippen LogP contribution in [-0.4, -0.2) is 18.4 Å². The molecule has 2 aromatic carbocycles. The molecule has 0 saturated heterocycles. The van der Waals surface area contributed by atoms with Crippen molar-refractivity contribution in [2.75, 3.05) is 6.61 Å². The lowest BCUT2D eigenvalue weighted by Gasteiger charge is -2.11. The second-order valence-corrected chi connectivity index (χ2v) is 6.69. The Hall–Kier alpha value is -2.09. The average Bonchev–Trinajstić information content (AvgIpc) is 2.54. The second kappa shape index (κ2) is 8.14. The van der Waals surface area contributed by atoms with Gasteiger partial charge in [-0.1, -0.05) is 23.8 Å². The average molecular weight is 438 g/mol. The van der Waals surface area contributed by atoms with E-state index in [9.17, 15) is 9.59 Å². The van der Waals surface area contributed by atoms with Crippen LogP contribution in [0.1, 0.15) is 27.0 Å². The van der Waals surface area contributed by atoms with Crippen LogP contribution in [0, 0.1) is 24.3 Å². The fourth-order valence-corrected chi connectivity index (χ4v) is 2.59. The third kappa shape index (κ3) is 4.95.